The van der Waals surface area contributed by atoms with Crippen molar-refractivity contribution in [1.82, 2.24) is 10.6 Å². The van der Waals surface area contributed by atoms with Crippen LogP contribution in [0.15, 0.2) is 24.3 Å². The third-order valence-electron chi connectivity index (χ3n) is 3.52. The van der Waals surface area contributed by atoms with Gasteiger partial charge in [-0.3, -0.25) is 14.9 Å². The largest absolute Gasteiger partial charge is 0.356 e. The van der Waals surface area contributed by atoms with Crippen molar-refractivity contribution in [1.29, 1.82) is 0 Å². The van der Waals surface area contributed by atoms with Crippen molar-refractivity contribution in [2.45, 2.75) is 19.3 Å². The van der Waals surface area contributed by atoms with Crippen molar-refractivity contribution in [3.8, 4) is 0 Å². The Kier molecular flexibility index (Phi) is 7.11. The average molecular weight is 314 g/mol. The normalized spacial score (nSPS) is 17.0. The van der Waals surface area contributed by atoms with Gasteiger partial charge in [0.25, 0.3) is 5.69 Å². The maximum absolute atomic E-state index is 11.8. The summed E-state index contributed by atoms with van der Waals surface area (Å²) in [5.41, 5.74) is 0.687. The van der Waals surface area contributed by atoms with Crippen LogP contribution < -0.4 is 10.6 Å². The SMILES string of the molecule is Cl.O=C(Cc1cccc([N+](=O)[O-])c1)NCCC1CCNC1. The number of amides is 1. The van der Waals surface area contributed by atoms with Crippen molar-refractivity contribution in [3.05, 3.63) is 39.9 Å². The minimum atomic E-state index is -0.450. The topological polar surface area (TPSA) is 84.3 Å². The number of nitrogens with zero attached hydrogens (tertiary/aromatic N) is 1. The van der Waals surface area contributed by atoms with E-state index in [0.717, 1.165) is 19.5 Å². The van der Waals surface area contributed by atoms with Crippen LogP contribution in [0.3, 0.4) is 0 Å². The highest BCUT2D eigenvalue weighted by Gasteiger charge is 2.14. The molecule has 2 N–H and O–H groups in total. The molecule has 0 bridgehead atoms. The Hall–Kier alpha value is -1.66. The Labute approximate surface area is 129 Å². The number of hydrogen-bond donors (Lipinski definition) is 2. The van der Waals surface area contributed by atoms with Crippen molar-refractivity contribution in [2.24, 2.45) is 5.92 Å². The molecule has 1 heterocycles. The number of benzene rings is 1. The molecule has 0 spiro atoms. The number of nitrogens with one attached hydrogen (secondary N) is 2. The first-order valence-electron chi connectivity index (χ1n) is 6.86. The van der Waals surface area contributed by atoms with Crippen LogP contribution in [0.2, 0.25) is 0 Å². The van der Waals surface area contributed by atoms with Crippen molar-refractivity contribution in [2.75, 3.05) is 19.6 Å². The van der Waals surface area contributed by atoms with E-state index in [4.69, 9.17) is 0 Å². The monoisotopic (exact) mass is 313 g/mol. The Bertz CT molecular complexity index is 490. The van der Waals surface area contributed by atoms with Crippen LogP contribution in [0.1, 0.15) is 18.4 Å². The number of carbonyl (C=O) groups is 1. The summed E-state index contributed by atoms with van der Waals surface area (Å²) < 4.78 is 0. The Morgan fingerprint density at radius 2 is 2.29 bits per heavy atom. The molecule has 7 heteroatoms. The zero-order valence-electron chi connectivity index (χ0n) is 11.7. The maximum Gasteiger partial charge on any atom is 0.269 e. The third kappa shape index (κ3) is 5.69. The van der Waals surface area contributed by atoms with Gasteiger partial charge in [0.05, 0.1) is 11.3 Å². The van der Waals surface area contributed by atoms with Crippen LogP contribution in [0.4, 0.5) is 5.69 Å². The van der Waals surface area contributed by atoms with E-state index in [2.05, 4.69) is 10.6 Å². The number of non-ortho nitro benzene ring substituents is 1. The van der Waals surface area contributed by atoms with Gasteiger partial charge in [0.15, 0.2) is 0 Å². The highest BCUT2D eigenvalue weighted by Crippen LogP contribution is 2.14. The first kappa shape index (κ1) is 17.4. The molecular formula is C14H20ClN3O3. The van der Waals surface area contributed by atoms with Gasteiger partial charge in [0.2, 0.25) is 5.91 Å². The highest BCUT2D eigenvalue weighted by atomic mass is 35.5. The predicted octanol–water partition coefficient (Wildman–Crippen LogP) is 1.67. The zero-order chi connectivity index (χ0) is 14.4. The summed E-state index contributed by atoms with van der Waals surface area (Å²) in [6.45, 7) is 2.76. The third-order valence-corrected chi connectivity index (χ3v) is 3.52. The lowest BCUT2D eigenvalue weighted by atomic mass is 10.1. The second-order valence-electron chi connectivity index (χ2n) is 5.10. The van der Waals surface area contributed by atoms with E-state index >= 15 is 0 Å². The number of hydrogen-bond acceptors (Lipinski definition) is 4. The van der Waals surface area contributed by atoms with Gasteiger partial charge in [-0.1, -0.05) is 12.1 Å². The Balaban J connectivity index is 0.00000220. The molecule has 2 rings (SSSR count). The molecule has 0 aliphatic carbocycles. The van der Waals surface area contributed by atoms with Crippen molar-refractivity contribution < 1.29 is 9.72 Å². The summed E-state index contributed by atoms with van der Waals surface area (Å²) in [6.07, 6.45) is 2.33. The number of nitro groups is 1. The Morgan fingerprint density at radius 3 is 2.95 bits per heavy atom. The number of halogens is 1. The van der Waals surface area contributed by atoms with Crippen LogP contribution >= 0.6 is 12.4 Å². The molecule has 1 aromatic carbocycles. The molecule has 1 unspecified atom stereocenters. The number of nitro benzene ring substituents is 1. The molecule has 1 aromatic rings. The van der Waals surface area contributed by atoms with E-state index in [0.29, 0.717) is 18.0 Å². The van der Waals surface area contributed by atoms with Crippen LogP contribution in [0.5, 0.6) is 0 Å². The molecule has 1 aliphatic heterocycles. The summed E-state index contributed by atoms with van der Waals surface area (Å²) in [4.78, 5) is 22.0. The molecule has 1 aliphatic rings. The lowest BCUT2D eigenvalue weighted by Gasteiger charge is -2.09. The molecule has 0 aromatic heterocycles. The van der Waals surface area contributed by atoms with Crippen molar-refractivity contribution in [3.63, 3.8) is 0 Å². The lowest BCUT2D eigenvalue weighted by Crippen LogP contribution is -2.27. The van der Waals surface area contributed by atoms with Crippen molar-refractivity contribution >= 4 is 24.0 Å². The molecule has 1 atom stereocenters. The summed E-state index contributed by atoms with van der Waals surface area (Å²) in [5, 5.41) is 16.8. The van der Waals surface area contributed by atoms with Crippen LogP contribution in [-0.4, -0.2) is 30.5 Å². The summed E-state index contributed by atoms with van der Waals surface area (Å²) in [7, 11) is 0. The minimum absolute atomic E-state index is 0. The van der Waals surface area contributed by atoms with Gasteiger partial charge in [-0.2, -0.15) is 0 Å². The van der Waals surface area contributed by atoms with Crippen LogP contribution in [0, 0.1) is 16.0 Å². The number of rotatable bonds is 6. The van der Waals surface area contributed by atoms with E-state index in [1.807, 2.05) is 0 Å². The van der Waals surface area contributed by atoms with E-state index in [-0.39, 0.29) is 30.4 Å². The van der Waals surface area contributed by atoms with E-state index < -0.39 is 4.92 Å². The van der Waals surface area contributed by atoms with Gasteiger partial charge in [0, 0.05) is 18.7 Å². The molecule has 0 radical (unpaired) electrons. The first-order valence-corrected chi connectivity index (χ1v) is 6.86. The van der Waals surface area contributed by atoms with E-state index in [1.54, 1.807) is 12.1 Å². The van der Waals surface area contributed by atoms with Gasteiger partial charge in [-0.25, -0.2) is 0 Å². The summed E-state index contributed by atoms with van der Waals surface area (Å²) >= 11 is 0. The van der Waals surface area contributed by atoms with Gasteiger partial charge < -0.3 is 10.6 Å². The summed E-state index contributed by atoms with van der Waals surface area (Å²) in [6, 6.07) is 6.20. The minimum Gasteiger partial charge on any atom is -0.356 e. The molecule has 1 saturated heterocycles. The fourth-order valence-corrected chi connectivity index (χ4v) is 2.40. The maximum atomic E-state index is 11.8. The fourth-order valence-electron chi connectivity index (χ4n) is 2.40. The van der Waals surface area contributed by atoms with Gasteiger partial charge >= 0.3 is 0 Å². The highest BCUT2D eigenvalue weighted by molar-refractivity contribution is 5.85. The lowest BCUT2D eigenvalue weighted by molar-refractivity contribution is -0.384. The standard InChI is InChI=1S/C14H19N3O3.ClH/c18-14(16-7-5-11-4-6-15-10-11)9-12-2-1-3-13(8-12)17(19)20;/h1-3,8,11,15H,4-7,9-10H2,(H,16,18);1H. The molecule has 6 nitrogen and oxygen atoms in total. The average Bonchev–Trinajstić information content (AvgIpc) is 2.92. The first-order chi connectivity index (χ1) is 9.65. The molecule has 1 fully saturated rings. The second kappa shape index (κ2) is 8.59. The van der Waals surface area contributed by atoms with Gasteiger partial charge in [-0.05, 0) is 37.4 Å². The van der Waals surface area contributed by atoms with Crippen LogP contribution in [-0.2, 0) is 11.2 Å². The molecule has 1 amide bonds. The summed E-state index contributed by atoms with van der Waals surface area (Å²) in [5.74, 6) is 0.560. The number of carbonyl (C=O) groups excluding carboxylic acids is 1. The van der Waals surface area contributed by atoms with E-state index in [1.165, 1.54) is 18.6 Å². The Morgan fingerprint density at radius 1 is 1.48 bits per heavy atom. The van der Waals surface area contributed by atoms with E-state index in [9.17, 15) is 14.9 Å². The molecular weight excluding hydrogens is 294 g/mol. The van der Waals surface area contributed by atoms with Gasteiger partial charge in [0.1, 0.15) is 0 Å². The smallest absolute Gasteiger partial charge is 0.269 e. The zero-order valence-corrected chi connectivity index (χ0v) is 12.5. The fraction of sp³-hybridized carbons (Fsp3) is 0.500. The van der Waals surface area contributed by atoms with Crippen LogP contribution in [0.25, 0.3) is 0 Å². The quantitative estimate of drug-likeness (QED) is 0.618. The van der Waals surface area contributed by atoms with Gasteiger partial charge in [-0.15, -0.1) is 12.4 Å². The molecule has 21 heavy (non-hydrogen) atoms. The predicted molar refractivity (Wildman–Crippen MR) is 82.7 cm³/mol. The molecule has 0 saturated carbocycles. The second-order valence-corrected chi connectivity index (χ2v) is 5.10. The molecule has 116 valence electrons.